The predicted octanol–water partition coefficient (Wildman–Crippen LogP) is 2.77. The lowest BCUT2D eigenvalue weighted by Crippen LogP contribution is -2.27. The van der Waals surface area contributed by atoms with Crippen LogP contribution in [0.2, 0.25) is 0 Å². The molecule has 0 spiro atoms. The molecule has 0 radical (unpaired) electrons. The van der Waals surface area contributed by atoms with Crippen LogP contribution in [-0.2, 0) is 0 Å². The molecule has 3 aromatic rings. The van der Waals surface area contributed by atoms with Gasteiger partial charge in [-0.15, -0.1) is 0 Å². The van der Waals surface area contributed by atoms with E-state index < -0.39 is 0 Å². The fraction of sp³-hybridized carbons (Fsp3) is 0.278. The van der Waals surface area contributed by atoms with Crippen LogP contribution >= 0.6 is 0 Å². The minimum Gasteiger partial charge on any atom is -0.330 e. The van der Waals surface area contributed by atoms with Gasteiger partial charge in [0.1, 0.15) is 5.82 Å². The molecule has 0 fully saturated rings. The van der Waals surface area contributed by atoms with E-state index in [4.69, 9.17) is 15.8 Å². The number of hydrogen-bond donors (Lipinski definition) is 1. The minimum atomic E-state index is 0.209. The Labute approximate surface area is 135 Å². The van der Waals surface area contributed by atoms with E-state index in [0.29, 0.717) is 6.54 Å². The maximum Gasteiger partial charge on any atom is 0.181 e. The van der Waals surface area contributed by atoms with Crippen molar-refractivity contribution < 1.29 is 0 Å². The molecule has 2 N–H and O–H groups in total. The van der Waals surface area contributed by atoms with Gasteiger partial charge >= 0.3 is 0 Å². The molecule has 0 saturated heterocycles. The fourth-order valence-corrected chi connectivity index (χ4v) is 3.28. The molecule has 2 unspecified atom stereocenters. The van der Waals surface area contributed by atoms with E-state index in [9.17, 15) is 0 Å². The number of fused-ring (bicyclic) bond motifs is 1. The monoisotopic (exact) mass is 305 g/mol. The van der Waals surface area contributed by atoms with E-state index in [2.05, 4.69) is 21.8 Å². The van der Waals surface area contributed by atoms with Crippen LogP contribution < -0.4 is 5.73 Å². The van der Waals surface area contributed by atoms with Crippen molar-refractivity contribution in [3.05, 3.63) is 66.2 Å². The minimum absolute atomic E-state index is 0.209. The molecule has 5 heteroatoms. The Bertz CT molecular complexity index is 782. The fourth-order valence-electron chi connectivity index (χ4n) is 3.28. The van der Waals surface area contributed by atoms with Gasteiger partial charge in [0.05, 0.1) is 6.04 Å². The standard InChI is InChI=1S/C18H19N5/c19-12-15-6-7-16(13-8-10-20-11-9-13)23-18(15)21-17(22-23)14-4-2-1-3-5-14/h1-5,8-11,15-16H,6-7,12,19H2. The lowest BCUT2D eigenvalue weighted by Gasteiger charge is -2.28. The average molecular weight is 305 g/mol. The Morgan fingerprint density at radius 2 is 1.83 bits per heavy atom. The van der Waals surface area contributed by atoms with Gasteiger partial charge in [0.25, 0.3) is 0 Å². The third-order valence-corrected chi connectivity index (χ3v) is 4.51. The molecular weight excluding hydrogens is 286 g/mol. The van der Waals surface area contributed by atoms with Gasteiger partial charge < -0.3 is 5.73 Å². The van der Waals surface area contributed by atoms with Crippen molar-refractivity contribution in [1.82, 2.24) is 19.7 Å². The molecule has 23 heavy (non-hydrogen) atoms. The summed E-state index contributed by atoms with van der Waals surface area (Å²) in [6, 6.07) is 14.4. The topological polar surface area (TPSA) is 69.6 Å². The van der Waals surface area contributed by atoms with Gasteiger partial charge in [-0.1, -0.05) is 30.3 Å². The molecule has 5 nitrogen and oxygen atoms in total. The molecular formula is C18H19N5. The highest BCUT2D eigenvalue weighted by atomic mass is 15.4. The van der Waals surface area contributed by atoms with Gasteiger partial charge in [-0.2, -0.15) is 5.10 Å². The van der Waals surface area contributed by atoms with E-state index in [-0.39, 0.29) is 12.0 Å². The summed E-state index contributed by atoms with van der Waals surface area (Å²) < 4.78 is 2.07. The summed E-state index contributed by atoms with van der Waals surface area (Å²) in [5.41, 5.74) is 8.22. The van der Waals surface area contributed by atoms with Gasteiger partial charge in [-0.25, -0.2) is 9.67 Å². The maximum absolute atomic E-state index is 5.96. The Morgan fingerprint density at radius 1 is 1.04 bits per heavy atom. The van der Waals surface area contributed by atoms with Crippen LogP contribution in [0, 0.1) is 0 Å². The van der Waals surface area contributed by atoms with Crippen LogP contribution in [0.3, 0.4) is 0 Å². The van der Waals surface area contributed by atoms with Crippen molar-refractivity contribution in [2.24, 2.45) is 5.73 Å². The first-order valence-electron chi connectivity index (χ1n) is 7.98. The number of nitrogens with two attached hydrogens (primary N) is 1. The number of pyridine rings is 1. The maximum atomic E-state index is 5.96. The second-order valence-corrected chi connectivity index (χ2v) is 5.91. The molecule has 3 heterocycles. The second-order valence-electron chi connectivity index (χ2n) is 5.91. The average Bonchev–Trinajstić information content (AvgIpc) is 3.08. The first-order chi connectivity index (χ1) is 11.4. The van der Waals surface area contributed by atoms with Crippen LogP contribution in [0.4, 0.5) is 0 Å². The highest BCUT2D eigenvalue weighted by Crippen LogP contribution is 2.36. The third kappa shape index (κ3) is 2.53. The van der Waals surface area contributed by atoms with Gasteiger partial charge in [-0.05, 0) is 30.5 Å². The highest BCUT2D eigenvalue weighted by molar-refractivity contribution is 5.54. The Balaban J connectivity index is 1.80. The molecule has 116 valence electrons. The van der Waals surface area contributed by atoms with Gasteiger partial charge in [0.2, 0.25) is 0 Å². The van der Waals surface area contributed by atoms with E-state index in [1.165, 1.54) is 5.56 Å². The first kappa shape index (κ1) is 14.1. The zero-order chi connectivity index (χ0) is 15.6. The Hall–Kier alpha value is -2.53. The number of benzene rings is 1. The molecule has 1 aliphatic heterocycles. The van der Waals surface area contributed by atoms with E-state index in [1.807, 2.05) is 42.7 Å². The molecule has 0 saturated carbocycles. The van der Waals surface area contributed by atoms with E-state index >= 15 is 0 Å². The summed E-state index contributed by atoms with van der Waals surface area (Å²) >= 11 is 0. The quantitative estimate of drug-likeness (QED) is 0.808. The third-order valence-electron chi connectivity index (χ3n) is 4.51. The summed E-state index contributed by atoms with van der Waals surface area (Å²) in [6.45, 7) is 0.607. The Kier molecular flexibility index (Phi) is 3.63. The van der Waals surface area contributed by atoms with Crippen molar-refractivity contribution in [3.8, 4) is 11.4 Å². The van der Waals surface area contributed by atoms with E-state index in [1.54, 1.807) is 0 Å². The molecule has 0 bridgehead atoms. The highest BCUT2D eigenvalue weighted by Gasteiger charge is 2.30. The molecule has 0 amide bonds. The summed E-state index contributed by atoms with van der Waals surface area (Å²) in [5, 5.41) is 4.81. The molecule has 4 rings (SSSR count). The van der Waals surface area contributed by atoms with Crippen molar-refractivity contribution in [2.75, 3.05) is 6.54 Å². The Morgan fingerprint density at radius 3 is 2.57 bits per heavy atom. The zero-order valence-electron chi connectivity index (χ0n) is 12.8. The lowest BCUT2D eigenvalue weighted by atomic mass is 9.91. The summed E-state index contributed by atoms with van der Waals surface area (Å²) in [7, 11) is 0. The number of aromatic nitrogens is 4. The molecule has 1 aliphatic rings. The molecule has 1 aromatic carbocycles. The molecule has 2 atom stereocenters. The van der Waals surface area contributed by atoms with Crippen LogP contribution in [-0.4, -0.2) is 26.3 Å². The largest absolute Gasteiger partial charge is 0.330 e. The molecule has 0 aliphatic carbocycles. The summed E-state index contributed by atoms with van der Waals surface area (Å²) in [6.07, 6.45) is 5.73. The van der Waals surface area contributed by atoms with Crippen LogP contribution in [0.1, 0.15) is 36.2 Å². The van der Waals surface area contributed by atoms with Crippen molar-refractivity contribution in [3.63, 3.8) is 0 Å². The second kappa shape index (κ2) is 5.93. The van der Waals surface area contributed by atoms with Crippen LogP contribution in [0.25, 0.3) is 11.4 Å². The van der Waals surface area contributed by atoms with Crippen molar-refractivity contribution >= 4 is 0 Å². The number of rotatable bonds is 3. The SMILES string of the molecule is NCC1CCC(c2ccncc2)n2nc(-c3ccccc3)nc21. The van der Waals surface area contributed by atoms with E-state index in [0.717, 1.165) is 30.1 Å². The van der Waals surface area contributed by atoms with Crippen LogP contribution in [0.5, 0.6) is 0 Å². The summed E-state index contributed by atoms with van der Waals surface area (Å²) in [5.74, 6) is 2.05. The van der Waals surface area contributed by atoms with Gasteiger partial charge in [0.15, 0.2) is 5.82 Å². The van der Waals surface area contributed by atoms with Crippen LogP contribution in [0.15, 0.2) is 54.9 Å². The van der Waals surface area contributed by atoms with Crippen molar-refractivity contribution in [1.29, 1.82) is 0 Å². The smallest absolute Gasteiger partial charge is 0.181 e. The van der Waals surface area contributed by atoms with Gasteiger partial charge in [-0.3, -0.25) is 4.98 Å². The number of hydrogen-bond acceptors (Lipinski definition) is 4. The predicted molar refractivity (Wildman–Crippen MR) is 88.9 cm³/mol. The lowest BCUT2D eigenvalue weighted by molar-refractivity contribution is 0.368. The van der Waals surface area contributed by atoms with Gasteiger partial charge in [0, 0.05) is 30.4 Å². The zero-order valence-corrected chi connectivity index (χ0v) is 12.8. The van der Waals surface area contributed by atoms with Crippen molar-refractivity contribution in [2.45, 2.75) is 24.8 Å². The summed E-state index contributed by atoms with van der Waals surface area (Å²) in [4.78, 5) is 8.92. The number of nitrogens with zero attached hydrogens (tertiary/aromatic N) is 4. The normalized spacial score (nSPS) is 20.2. The molecule has 2 aromatic heterocycles. The first-order valence-corrected chi connectivity index (χ1v) is 7.98.